The van der Waals surface area contributed by atoms with Crippen molar-refractivity contribution >= 4 is 23.9 Å². The minimum atomic E-state index is -1.43. The third-order valence-corrected chi connectivity index (χ3v) is 5.44. The average molecular weight is 504 g/mol. The largest absolute Gasteiger partial charge is 0.459 e. The van der Waals surface area contributed by atoms with Crippen LogP contribution >= 0.6 is 0 Å². The Morgan fingerprint density at radius 1 is 0.622 bits per heavy atom. The first kappa shape index (κ1) is 25.6. The fraction of sp³-hybridized carbons (Fsp3) is 0.214. The van der Waals surface area contributed by atoms with Crippen LogP contribution in [0.1, 0.15) is 38.0 Å². The van der Waals surface area contributed by atoms with Gasteiger partial charge in [0.25, 0.3) is 0 Å². The van der Waals surface area contributed by atoms with Gasteiger partial charge in [0.05, 0.1) is 16.7 Å². The molecule has 9 nitrogen and oxygen atoms in total. The van der Waals surface area contributed by atoms with E-state index in [1.807, 2.05) is 0 Å². The van der Waals surface area contributed by atoms with E-state index in [-0.39, 0.29) is 17.7 Å². The summed E-state index contributed by atoms with van der Waals surface area (Å²) in [5, 5.41) is 0. The summed E-state index contributed by atoms with van der Waals surface area (Å²) in [7, 11) is 0. The predicted molar refractivity (Wildman–Crippen MR) is 128 cm³/mol. The van der Waals surface area contributed by atoms with Crippen molar-refractivity contribution in [2.24, 2.45) is 0 Å². The average Bonchev–Trinajstić information content (AvgIpc) is 3.23. The summed E-state index contributed by atoms with van der Waals surface area (Å²) in [5.74, 6) is -2.80. The molecular formula is C28H24O9. The number of esters is 4. The van der Waals surface area contributed by atoms with Crippen LogP contribution in [0.15, 0.2) is 91.0 Å². The van der Waals surface area contributed by atoms with Crippen molar-refractivity contribution < 1.29 is 42.9 Å². The minimum absolute atomic E-state index is 0.240. The Morgan fingerprint density at radius 3 is 1.57 bits per heavy atom. The third-order valence-electron chi connectivity index (χ3n) is 5.44. The molecule has 190 valence electrons. The van der Waals surface area contributed by atoms with Crippen molar-refractivity contribution in [3.8, 4) is 0 Å². The SMILES string of the molecule is CC(=O)O[C@@H]1[C@H](OC(=O)c2ccccc2)O[C@@H](COC(=O)c2ccccc2)[C@@H]1OC(=O)c1ccccc1. The number of carbonyl (C=O) groups is 4. The molecule has 4 rings (SSSR count). The van der Waals surface area contributed by atoms with Gasteiger partial charge in [0.15, 0.2) is 6.10 Å². The predicted octanol–water partition coefficient (Wildman–Crippen LogP) is 3.58. The molecule has 3 aromatic rings. The lowest BCUT2D eigenvalue weighted by atomic mass is 10.1. The summed E-state index contributed by atoms with van der Waals surface area (Å²) < 4.78 is 27.7. The first-order chi connectivity index (χ1) is 17.9. The number of ether oxygens (including phenoxy) is 5. The molecule has 37 heavy (non-hydrogen) atoms. The van der Waals surface area contributed by atoms with Gasteiger partial charge >= 0.3 is 23.9 Å². The van der Waals surface area contributed by atoms with Gasteiger partial charge in [0.2, 0.25) is 12.4 Å². The number of hydrogen-bond acceptors (Lipinski definition) is 9. The van der Waals surface area contributed by atoms with Crippen LogP contribution in [0.3, 0.4) is 0 Å². The van der Waals surface area contributed by atoms with Crippen LogP contribution in [0, 0.1) is 0 Å². The smallest absolute Gasteiger partial charge is 0.340 e. The maximum absolute atomic E-state index is 12.9. The van der Waals surface area contributed by atoms with Gasteiger partial charge < -0.3 is 23.7 Å². The Morgan fingerprint density at radius 2 is 1.08 bits per heavy atom. The summed E-state index contributed by atoms with van der Waals surface area (Å²) in [5.41, 5.74) is 0.792. The molecule has 1 heterocycles. The van der Waals surface area contributed by atoms with Crippen LogP contribution in [-0.4, -0.2) is 55.1 Å². The summed E-state index contributed by atoms with van der Waals surface area (Å²) in [4.78, 5) is 50.0. The van der Waals surface area contributed by atoms with Crippen LogP contribution in [0.2, 0.25) is 0 Å². The number of hydrogen-bond donors (Lipinski definition) is 0. The van der Waals surface area contributed by atoms with Gasteiger partial charge in [-0.15, -0.1) is 0 Å². The maximum atomic E-state index is 12.9. The molecule has 0 N–H and O–H groups in total. The quantitative estimate of drug-likeness (QED) is 0.335. The van der Waals surface area contributed by atoms with E-state index in [1.54, 1.807) is 91.0 Å². The normalized spacial score (nSPS) is 20.5. The zero-order valence-corrected chi connectivity index (χ0v) is 19.9. The van der Waals surface area contributed by atoms with Crippen LogP contribution in [0.25, 0.3) is 0 Å². The molecule has 4 atom stereocenters. The topological polar surface area (TPSA) is 114 Å². The molecule has 0 aliphatic carbocycles. The fourth-order valence-corrected chi connectivity index (χ4v) is 3.71. The second kappa shape index (κ2) is 12.0. The summed E-state index contributed by atoms with van der Waals surface area (Å²) in [6, 6.07) is 24.6. The second-order valence-corrected chi connectivity index (χ2v) is 8.09. The molecule has 1 saturated heterocycles. The van der Waals surface area contributed by atoms with Gasteiger partial charge in [-0.1, -0.05) is 54.6 Å². The van der Waals surface area contributed by atoms with E-state index < -0.39 is 48.5 Å². The van der Waals surface area contributed by atoms with Gasteiger partial charge in [0, 0.05) is 6.92 Å². The monoisotopic (exact) mass is 504 g/mol. The fourth-order valence-electron chi connectivity index (χ4n) is 3.71. The first-order valence-corrected chi connectivity index (χ1v) is 11.5. The Bertz CT molecular complexity index is 1230. The van der Waals surface area contributed by atoms with E-state index in [1.165, 1.54) is 0 Å². The Kier molecular flexibility index (Phi) is 8.27. The molecule has 0 spiro atoms. The Labute approximate surface area is 212 Å². The molecule has 0 unspecified atom stereocenters. The molecule has 3 aromatic carbocycles. The first-order valence-electron chi connectivity index (χ1n) is 11.5. The van der Waals surface area contributed by atoms with Gasteiger partial charge in [-0.3, -0.25) is 4.79 Å². The lowest BCUT2D eigenvalue weighted by molar-refractivity contribution is -0.172. The highest BCUT2D eigenvalue weighted by Crippen LogP contribution is 2.30. The summed E-state index contributed by atoms with van der Waals surface area (Å²) in [6.07, 6.45) is -5.07. The molecular weight excluding hydrogens is 480 g/mol. The summed E-state index contributed by atoms with van der Waals surface area (Å²) in [6.45, 7) is 0.798. The van der Waals surface area contributed by atoms with Crippen molar-refractivity contribution in [1.82, 2.24) is 0 Å². The van der Waals surface area contributed by atoms with Crippen molar-refractivity contribution in [3.63, 3.8) is 0 Å². The third kappa shape index (κ3) is 6.59. The van der Waals surface area contributed by atoms with E-state index in [9.17, 15) is 19.2 Å². The number of benzene rings is 3. The Hall–Kier alpha value is -4.50. The van der Waals surface area contributed by atoms with Crippen LogP contribution in [-0.2, 0) is 28.5 Å². The number of rotatable bonds is 8. The molecule has 0 bridgehead atoms. The van der Waals surface area contributed by atoms with E-state index in [4.69, 9.17) is 23.7 Å². The van der Waals surface area contributed by atoms with Crippen LogP contribution in [0.5, 0.6) is 0 Å². The van der Waals surface area contributed by atoms with E-state index in [2.05, 4.69) is 0 Å². The molecule has 9 heteroatoms. The Balaban J connectivity index is 1.57. The van der Waals surface area contributed by atoms with Gasteiger partial charge in [0.1, 0.15) is 12.7 Å². The minimum Gasteiger partial charge on any atom is -0.459 e. The van der Waals surface area contributed by atoms with Gasteiger partial charge in [-0.2, -0.15) is 0 Å². The van der Waals surface area contributed by atoms with E-state index >= 15 is 0 Å². The molecule has 0 aromatic heterocycles. The second-order valence-electron chi connectivity index (χ2n) is 8.09. The van der Waals surface area contributed by atoms with Crippen molar-refractivity contribution in [2.75, 3.05) is 6.61 Å². The molecule has 1 aliphatic heterocycles. The van der Waals surface area contributed by atoms with E-state index in [0.717, 1.165) is 6.92 Å². The highest BCUT2D eigenvalue weighted by atomic mass is 16.8. The highest BCUT2D eigenvalue weighted by molar-refractivity contribution is 5.90. The van der Waals surface area contributed by atoms with Crippen LogP contribution in [0.4, 0.5) is 0 Å². The van der Waals surface area contributed by atoms with Gasteiger partial charge in [-0.05, 0) is 36.4 Å². The summed E-state index contributed by atoms with van der Waals surface area (Å²) >= 11 is 0. The molecule has 1 fully saturated rings. The molecule has 0 amide bonds. The van der Waals surface area contributed by atoms with Crippen molar-refractivity contribution in [1.29, 1.82) is 0 Å². The van der Waals surface area contributed by atoms with Crippen molar-refractivity contribution in [2.45, 2.75) is 31.5 Å². The lowest BCUT2D eigenvalue weighted by Gasteiger charge is -2.23. The van der Waals surface area contributed by atoms with Gasteiger partial charge in [-0.25, -0.2) is 14.4 Å². The van der Waals surface area contributed by atoms with E-state index in [0.29, 0.717) is 5.56 Å². The number of carbonyl (C=O) groups excluding carboxylic acids is 4. The zero-order chi connectivity index (χ0) is 26.2. The standard InChI is InChI=1S/C28H24O9/c1-18(29)34-24-23(36-26(31)20-13-7-3-8-14-20)22(17-33-25(30)19-11-5-2-6-12-19)35-28(24)37-27(32)21-15-9-4-10-16-21/h2-16,22-24,28H,17H2,1H3/t22-,23-,24-,28-/m0/s1. The van der Waals surface area contributed by atoms with Crippen molar-refractivity contribution in [3.05, 3.63) is 108 Å². The maximum Gasteiger partial charge on any atom is 0.340 e. The van der Waals surface area contributed by atoms with Crippen LogP contribution < -0.4 is 0 Å². The lowest BCUT2D eigenvalue weighted by Crippen LogP contribution is -2.42. The zero-order valence-electron chi connectivity index (χ0n) is 19.9. The molecule has 0 radical (unpaired) electrons. The highest BCUT2D eigenvalue weighted by Gasteiger charge is 2.52. The molecule has 0 saturated carbocycles. The molecule has 1 aliphatic rings.